The van der Waals surface area contributed by atoms with E-state index in [4.69, 9.17) is 5.73 Å². The summed E-state index contributed by atoms with van der Waals surface area (Å²) in [5.74, 6) is -0.368. The Balaban J connectivity index is 2.27. The average molecular weight is 273 g/mol. The minimum Gasteiger partial charge on any atom is -0.326 e. The van der Waals surface area contributed by atoms with Crippen LogP contribution in [0, 0.1) is 11.7 Å². The van der Waals surface area contributed by atoms with Crippen LogP contribution < -0.4 is 5.73 Å². The van der Waals surface area contributed by atoms with Crippen LogP contribution in [-0.2, 0) is 10.0 Å². The van der Waals surface area contributed by atoms with Crippen LogP contribution in [0.3, 0.4) is 0 Å². The Labute approximate surface area is 106 Å². The molecule has 2 N–H and O–H groups in total. The predicted molar refractivity (Wildman–Crippen MR) is 64.7 cm³/mol. The first kappa shape index (κ1) is 13.4. The topological polar surface area (TPSA) is 76.3 Å². The fourth-order valence-electron chi connectivity index (χ4n) is 1.97. The first-order chi connectivity index (χ1) is 8.41. The van der Waals surface area contributed by atoms with Crippen molar-refractivity contribution >= 4 is 10.0 Å². The lowest BCUT2D eigenvalue weighted by atomic mass is 9.96. The molecule has 1 fully saturated rings. The third-order valence-corrected chi connectivity index (χ3v) is 5.13. The van der Waals surface area contributed by atoms with Gasteiger partial charge in [0, 0.05) is 25.3 Å². The Hall–Kier alpha value is -1.05. The molecule has 0 aromatic carbocycles. The Morgan fingerprint density at radius 2 is 2.22 bits per heavy atom. The van der Waals surface area contributed by atoms with Gasteiger partial charge in [-0.1, -0.05) is 6.92 Å². The Morgan fingerprint density at radius 3 is 2.83 bits per heavy atom. The predicted octanol–water partition coefficient (Wildman–Crippen LogP) is 0.579. The van der Waals surface area contributed by atoms with E-state index in [9.17, 15) is 12.8 Å². The van der Waals surface area contributed by atoms with Crippen LogP contribution in [0.5, 0.6) is 0 Å². The fourth-order valence-corrected chi connectivity index (χ4v) is 3.44. The largest absolute Gasteiger partial charge is 0.326 e. The number of hydrogen-bond donors (Lipinski definition) is 1. The molecule has 100 valence electrons. The van der Waals surface area contributed by atoms with Crippen LogP contribution in [0.15, 0.2) is 23.4 Å². The van der Waals surface area contributed by atoms with E-state index in [0.717, 1.165) is 18.5 Å². The Kier molecular flexibility index (Phi) is 3.65. The summed E-state index contributed by atoms with van der Waals surface area (Å²) in [6.45, 7) is 2.67. The first-order valence-corrected chi connectivity index (χ1v) is 7.21. The van der Waals surface area contributed by atoms with E-state index in [0.29, 0.717) is 18.9 Å². The molecule has 5 nitrogen and oxygen atoms in total. The number of nitrogens with zero attached hydrogens (tertiary/aromatic N) is 2. The van der Waals surface area contributed by atoms with Crippen LogP contribution in [-0.4, -0.2) is 36.8 Å². The van der Waals surface area contributed by atoms with Gasteiger partial charge in [0.2, 0.25) is 10.0 Å². The van der Waals surface area contributed by atoms with Crippen LogP contribution in [0.2, 0.25) is 0 Å². The number of piperidine rings is 1. The van der Waals surface area contributed by atoms with Gasteiger partial charge in [-0.2, -0.15) is 4.31 Å². The van der Waals surface area contributed by atoms with Crippen molar-refractivity contribution in [3.63, 3.8) is 0 Å². The van der Waals surface area contributed by atoms with Gasteiger partial charge in [0.15, 0.2) is 0 Å². The van der Waals surface area contributed by atoms with E-state index in [1.54, 1.807) is 0 Å². The van der Waals surface area contributed by atoms with Crippen LogP contribution in [0.1, 0.15) is 13.3 Å². The van der Waals surface area contributed by atoms with Crippen molar-refractivity contribution in [3.8, 4) is 0 Å². The summed E-state index contributed by atoms with van der Waals surface area (Å²) < 4.78 is 38.8. The monoisotopic (exact) mass is 273 g/mol. The van der Waals surface area contributed by atoms with Gasteiger partial charge in [0.25, 0.3) is 0 Å². The quantitative estimate of drug-likeness (QED) is 0.855. The Bertz CT molecular complexity index is 535. The zero-order valence-electron chi connectivity index (χ0n) is 10.1. The summed E-state index contributed by atoms with van der Waals surface area (Å²) in [5.41, 5.74) is 5.88. The van der Waals surface area contributed by atoms with Crippen LogP contribution >= 0.6 is 0 Å². The van der Waals surface area contributed by atoms with E-state index in [2.05, 4.69) is 4.98 Å². The summed E-state index contributed by atoms with van der Waals surface area (Å²) in [6.07, 6.45) is 2.84. The van der Waals surface area contributed by atoms with E-state index in [1.165, 1.54) is 4.31 Å². The molecule has 1 aromatic heterocycles. The summed E-state index contributed by atoms with van der Waals surface area (Å²) >= 11 is 0. The molecule has 0 spiro atoms. The second kappa shape index (κ2) is 4.91. The van der Waals surface area contributed by atoms with E-state index in [-0.39, 0.29) is 17.5 Å². The molecule has 0 saturated carbocycles. The third kappa shape index (κ3) is 2.52. The van der Waals surface area contributed by atoms with Crippen molar-refractivity contribution in [3.05, 3.63) is 24.3 Å². The molecule has 0 amide bonds. The molecule has 2 unspecified atom stereocenters. The lowest BCUT2D eigenvalue weighted by Gasteiger charge is -2.34. The highest BCUT2D eigenvalue weighted by Crippen LogP contribution is 2.22. The molecule has 0 aliphatic carbocycles. The second-order valence-corrected chi connectivity index (χ2v) is 6.57. The number of nitrogens with two attached hydrogens (primary N) is 1. The van der Waals surface area contributed by atoms with E-state index < -0.39 is 15.8 Å². The maximum atomic E-state index is 13.0. The van der Waals surface area contributed by atoms with Gasteiger partial charge in [-0.3, -0.25) is 4.98 Å². The smallest absolute Gasteiger partial charge is 0.244 e. The molecule has 0 radical (unpaired) electrons. The summed E-state index contributed by atoms with van der Waals surface area (Å²) in [6, 6.07) is 0.793. The first-order valence-electron chi connectivity index (χ1n) is 5.77. The number of aromatic nitrogens is 1. The standard InChI is InChI=1S/C11H16FN3O2S/c1-8-2-3-15(7-11(8)13)18(16,17)10-4-9(12)5-14-6-10/h4-6,8,11H,2-3,7,13H2,1H3. The number of hydrogen-bond acceptors (Lipinski definition) is 4. The summed E-state index contributed by atoms with van der Waals surface area (Å²) in [5, 5.41) is 0. The van der Waals surface area contributed by atoms with Crippen molar-refractivity contribution in [2.45, 2.75) is 24.3 Å². The summed E-state index contributed by atoms with van der Waals surface area (Å²) in [7, 11) is -3.69. The molecule has 0 bridgehead atoms. The average Bonchev–Trinajstić information content (AvgIpc) is 2.32. The highest BCUT2D eigenvalue weighted by molar-refractivity contribution is 7.89. The highest BCUT2D eigenvalue weighted by Gasteiger charge is 2.32. The number of halogens is 1. The van der Waals surface area contributed by atoms with Crippen molar-refractivity contribution in [2.75, 3.05) is 13.1 Å². The highest BCUT2D eigenvalue weighted by atomic mass is 32.2. The SMILES string of the molecule is CC1CCN(S(=O)(=O)c2cncc(F)c2)CC1N. The molecule has 7 heteroatoms. The van der Waals surface area contributed by atoms with Gasteiger partial charge in [-0.15, -0.1) is 0 Å². The maximum absolute atomic E-state index is 13.0. The van der Waals surface area contributed by atoms with Gasteiger partial charge < -0.3 is 5.73 Å². The molecule has 18 heavy (non-hydrogen) atoms. The van der Waals surface area contributed by atoms with Gasteiger partial charge >= 0.3 is 0 Å². The second-order valence-electron chi connectivity index (χ2n) is 4.63. The van der Waals surface area contributed by atoms with E-state index >= 15 is 0 Å². The molecule has 1 saturated heterocycles. The van der Waals surface area contributed by atoms with Gasteiger partial charge in [0.1, 0.15) is 10.7 Å². The Morgan fingerprint density at radius 1 is 1.50 bits per heavy atom. The lowest BCUT2D eigenvalue weighted by molar-refractivity contribution is 0.253. The fraction of sp³-hybridized carbons (Fsp3) is 0.545. The molecule has 2 rings (SSSR count). The lowest BCUT2D eigenvalue weighted by Crippen LogP contribution is -2.49. The third-order valence-electron chi connectivity index (χ3n) is 3.30. The van der Waals surface area contributed by atoms with Crippen LogP contribution in [0.4, 0.5) is 4.39 Å². The molecule has 2 heterocycles. The molecular formula is C11H16FN3O2S. The molecular weight excluding hydrogens is 257 g/mol. The minimum absolute atomic E-state index is 0.121. The van der Waals surface area contributed by atoms with Gasteiger partial charge in [-0.25, -0.2) is 12.8 Å². The molecule has 2 atom stereocenters. The van der Waals surface area contributed by atoms with Crippen molar-refractivity contribution < 1.29 is 12.8 Å². The zero-order chi connectivity index (χ0) is 13.3. The maximum Gasteiger partial charge on any atom is 0.244 e. The minimum atomic E-state index is -3.69. The number of rotatable bonds is 2. The summed E-state index contributed by atoms with van der Waals surface area (Å²) in [4.78, 5) is 3.45. The van der Waals surface area contributed by atoms with Gasteiger partial charge in [-0.05, 0) is 18.4 Å². The normalized spacial score (nSPS) is 26.2. The number of sulfonamides is 1. The molecule has 1 aliphatic heterocycles. The number of pyridine rings is 1. The van der Waals surface area contributed by atoms with E-state index in [1.807, 2.05) is 6.92 Å². The van der Waals surface area contributed by atoms with Crippen molar-refractivity contribution in [1.29, 1.82) is 0 Å². The van der Waals surface area contributed by atoms with Crippen molar-refractivity contribution in [2.24, 2.45) is 11.7 Å². The molecule has 1 aliphatic rings. The zero-order valence-corrected chi connectivity index (χ0v) is 10.9. The van der Waals surface area contributed by atoms with Gasteiger partial charge in [0.05, 0.1) is 6.20 Å². The van der Waals surface area contributed by atoms with Crippen molar-refractivity contribution in [1.82, 2.24) is 9.29 Å². The van der Waals surface area contributed by atoms with Crippen LogP contribution in [0.25, 0.3) is 0 Å². The molecule has 1 aromatic rings.